The minimum atomic E-state index is -0.194. The van der Waals surface area contributed by atoms with Gasteiger partial charge < -0.3 is 5.32 Å². The molecule has 0 aliphatic rings. The molecule has 0 radical (unpaired) electrons. The number of nitrogens with one attached hydrogen (secondary N) is 2. The summed E-state index contributed by atoms with van der Waals surface area (Å²) in [5.74, 6) is 0.440. The molecule has 2 aromatic rings. The van der Waals surface area contributed by atoms with E-state index in [1.165, 1.54) is 11.3 Å². The average molecular weight is 265 g/mol. The summed E-state index contributed by atoms with van der Waals surface area (Å²) >= 11 is 1.52. The summed E-state index contributed by atoms with van der Waals surface area (Å²) in [4.78, 5) is 12.1. The summed E-state index contributed by atoms with van der Waals surface area (Å²) in [5, 5.41) is 20.6. The van der Waals surface area contributed by atoms with Gasteiger partial charge in [-0.05, 0) is 24.3 Å². The van der Waals surface area contributed by atoms with Crippen LogP contribution in [0.2, 0.25) is 0 Å². The average Bonchev–Trinajstić information content (AvgIpc) is 2.98. The molecule has 1 amide bonds. The van der Waals surface area contributed by atoms with Crippen molar-refractivity contribution in [3.05, 3.63) is 27.7 Å². The fourth-order valence-electron chi connectivity index (χ4n) is 1.70. The number of nitrogens with zero attached hydrogens (tertiary/aromatic N) is 3. The van der Waals surface area contributed by atoms with E-state index < -0.39 is 0 Å². The van der Waals surface area contributed by atoms with Gasteiger partial charge in [0.15, 0.2) is 5.82 Å². The number of carbonyl (C=O) groups excluding carboxylic acids is 1. The van der Waals surface area contributed by atoms with E-state index in [0.29, 0.717) is 11.4 Å². The second kappa shape index (κ2) is 5.72. The first kappa shape index (κ1) is 12.7. The Hall–Kier alpha value is -1.76. The zero-order chi connectivity index (χ0) is 13.0. The zero-order valence-corrected chi connectivity index (χ0v) is 11.1. The number of H-pyrrole nitrogens is 1. The molecule has 1 atom stereocenters. The van der Waals surface area contributed by atoms with Crippen molar-refractivity contribution in [2.75, 3.05) is 0 Å². The fraction of sp³-hybridized carbons (Fsp3) is 0.455. The molecule has 0 spiro atoms. The van der Waals surface area contributed by atoms with Crippen molar-refractivity contribution >= 4 is 17.2 Å². The van der Waals surface area contributed by atoms with Gasteiger partial charge in [0.2, 0.25) is 0 Å². The fourth-order valence-corrected chi connectivity index (χ4v) is 2.53. The summed E-state index contributed by atoms with van der Waals surface area (Å²) in [7, 11) is 0. The van der Waals surface area contributed by atoms with E-state index in [0.717, 1.165) is 18.4 Å². The summed E-state index contributed by atoms with van der Waals surface area (Å²) in [6, 6.07) is -0.194. The molecule has 6 nitrogen and oxygen atoms in total. The predicted octanol–water partition coefficient (Wildman–Crippen LogP) is 1.84. The Morgan fingerprint density at radius 3 is 2.94 bits per heavy atom. The molecule has 0 unspecified atom stereocenters. The Morgan fingerprint density at radius 1 is 1.56 bits per heavy atom. The molecule has 2 N–H and O–H groups in total. The number of amides is 1. The minimum Gasteiger partial charge on any atom is -0.342 e. The number of aromatic amines is 1. The van der Waals surface area contributed by atoms with E-state index in [9.17, 15) is 4.79 Å². The number of carbonyl (C=O) groups is 1. The van der Waals surface area contributed by atoms with E-state index in [-0.39, 0.29) is 11.9 Å². The van der Waals surface area contributed by atoms with Gasteiger partial charge in [0.25, 0.3) is 5.91 Å². The molecule has 0 aliphatic heterocycles. The van der Waals surface area contributed by atoms with E-state index >= 15 is 0 Å². The minimum absolute atomic E-state index is 0.0861. The van der Waals surface area contributed by atoms with Crippen molar-refractivity contribution in [2.45, 2.75) is 32.7 Å². The van der Waals surface area contributed by atoms with Crippen LogP contribution >= 0.6 is 11.3 Å². The molecule has 96 valence electrons. The molecular formula is C11H15N5OS. The Kier molecular flexibility index (Phi) is 4.03. The molecule has 0 fully saturated rings. The third-order valence-corrected chi connectivity index (χ3v) is 3.52. The lowest BCUT2D eigenvalue weighted by Gasteiger charge is -2.14. The van der Waals surface area contributed by atoms with Gasteiger partial charge in [-0.2, -0.15) is 16.6 Å². The molecular weight excluding hydrogens is 250 g/mol. The van der Waals surface area contributed by atoms with Gasteiger partial charge in [0.05, 0.1) is 11.6 Å². The SMILES string of the molecule is CCC[C@H](NC(=O)c1cscc1C)c1nn[nH]n1. The second-order valence-corrected chi connectivity index (χ2v) is 4.80. The van der Waals surface area contributed by atoms with Crippen LogP contribution in [-0.4, -0.2) is 26.5 Å². The van der Waals surface area contributed by atoms with Crippen LogP contribution in [0.1, 0.15) is 47.6 Å². The van der Waals surface area contributed by atoms with Crippen LogP contribution in [0.15, 0.2) is 10.8 Å². The Bertz CT molecular complexity index is 507. The van der Waals surface area contributed by atoms with Gasteiger partial charge in [-0.25, -0.2) is 0 Å². The number of aryl methyl sites for hydroxylation is 1. The quantitative estimate of drug-likeness (QED) is 0.864. The van der Waals surface area contributed by atoms with Crippen LogP contribution in [0.5, 0.6) is 0 Å². The Labute approximate surface area is 109 Å². The molecule has 0 bridgehead atoms. The smallest absolute Gasteiger partial charge is 0.252 e. The van der Waals surface area contributed by atoms with Crippen molar-refractivity contribution in [1.29, 1.82) is 0 Å². The maximum atomic E-state index is 12.1. The molecule has 0 aromatic carbocycles. The van der Waals surface area contributed by atoms with Gasteiger partial charge in [-0.15, -0.1) is 10.2 Å². The van der Waals surface area contributed by atoms with Crippen molar-refractivity contribution in [2.24, 2.45) is 0 Å². The molecule has 2 heterocycles. The lowest BCUT2D eigenvalue weighted by Crippen LogP contribution is -2.29. The molecule has 18 heavy (non-hydrogen) atoms. The number of rotatable bonds is 5. The first-order chi connectivity index (χ1) is 8.72. The third kappa shape index (κ3) is 2.73. The normalized spacial score (nSPS) is 12.3. The van der Waals surface area contributed by atoms with Crippen molar-refractivity contribution in [3.63, 3.8) is 0 Å². The van der Waals surface area contributed by atoms with E-state index in [1.807, 2.05) is 17.7 Å². The van der Waals surface area contributed by atoms with Crippen LogP contribution in [0.25, 0.3) is 0 Å². The Morgan fingerprint density at radius 2 is 2.39 bits per heavy atom. The van der Waals surface area contributed by atoms with Crippen molar-refractivity contribution in [3.8, 4) is 0 Å². The molecule has 0 saturated heterocycles. The van der Waals surface area contributed by atoms with Crippen molar-refractivity contribution in [1.82, 2.24) is 25.9 Å². The highest BCUT2D eigenvalue weighted by molar-refractivity contribution is 7.08. The highest BCUT2D eigenvalue weighted by atomic mass is 32.1. The highest BCUT2D eigenvalue weighted by Gasteiger charge is 2.19. The first-order valence-electron chi connectivity index (χ1n) is 5.79. The second-order valence-electron chi connectivity index (χ2n) is 4.05. The summed E-state index contributed by atoms with van der Waals surface area (Å²) < 4.78 is 0. The number of thiophene rings is 1. The molecule has 0 aliphatic carbocycles. The van der Waals surface area contributed by atoms with Gasteiger partial charge in [0, 0.05) is 5.38 Å². The molecule has 2 rings (SSSR count). The summed E-state index contributed by atoms with van der Waals surface area (Å²) in [6.07, 6.45) is 1.72. The van der Waals surface area contributed by atoms with Crippen LogP contribution in [-0.2, 0) is 0 Å². The molecule has 0 saturated carbocycles. The number of aromatic nitrogens is 4. The Balaban J connectivity index is 2.10. The maximum absolute atomic E-state index is 12.1. The standard InChI is InChI=1S/C11H15N5OS/c1-3-4-9(10-13-15-16-14-10)12-11(17)8-6-18-5-7(8)2/h5-6,9H,3-4H2,1-2H3,(H,12,17)(H,13,14,15,16)/t9-/m0/s1. The monoisotopic (exact) mass is 265 g/mol. The summed E-state index contributed by atoms with van der Waals surface area (Å²) in [6.45, 7) is 3.98. The van der Waals surface area contributed by atoms with Crippen LogP contribution in [0.3, 0.4) is 0 Å². The van der Waals surface area contributed by atoms with Gasteiger partial charge in [-0.3, -0.25) is 4.79 Å². The predicted molar refractivity (Wildman–Crippen MR) is 68.3 cm³/mol. The topological polar surface area (TPSA) is 83.6 Å². The van der Waals surface area contributed by atoms with E-state index in [4.69, 9.17) is 0 Å². The van der Waals surface area contributed by atoms with Crippen LogP contribution < -0.4 is 5.32 Å². The van der Waals surface area contributed by atoms with E-state index in [2.05, 4.69) is 32.9 Å². The summed E-state index contributed by atoms with van der Waals surface area (Å²) in [5.41, 5.74) is 1.70. The number of tetrazole rings is 1. The van der Waals surface area contributed by atoms with Crippen LogP contribution in [0, 0.1) is 6.92 Å². The maximum Gasteiger partial charge on any atom is 0.252 e. The first-order valence-corrected chi connectivity index (χ1v) is 6.73. The molecule has 7 heteroatoms. The zero-order valence-electron chi connectivity index (χ0n) is 10.3. The molecule has 2 aromatic heterocycles. The number of hydrogen-bond donors (Lipinski definition) is 2. The lowest BCUT2D eigenvalue weighted by atomic mass is 10.1. The van der Waals surface area contributed by atoms with Gasteiger partial charge >= 0.3 is 0 Å². The van der Waals surface area contributed by atoms with E-state index in [1.54, 1.807) is 0 Å². The third-order valence-electron chi connectivity index (χ3n) is 2.66. The largest absolute Gasteiger partial charge is 0.342 e. The number of hydrogen-bond acceptors (Lipinski definition) is 5. The van der Waals surface area contributed by atoms with Gasteiger partial charge in [0.1, 0.15) is 0 Å². The lowest BCUT2D eigenvalue weighted by molar-refractivity contribution is 0.0932. The van der Waals surface area contributed by atoms with Crippen molar-refractivity contribution < 1.29 is 4.79 Å². The van der Waals surface area contributed by atoms with Gasteiger partial charge in [-0.1, -0.05) is 18.6 Å². The van der Waals surface area contributed by atoms with Crippen LogP contribution in [0.4, 0.5) is 0 Å². The highest BCUT2D eigenvalue weighted by Crippen LogP contribution is 2.17.